The van der Waals surface area contributed by atoms with Crippen molar-refractivity contribution < 1.29 is 19.4 Å². The molecule has 1 amide bonds. The number of allylic oxidation sites excluding steroid dienone is 1. The lowest BCUT2D eigenvalue weighted by molar-refractivity contribution is -0.138. The molecule has 3 aromatic rings. The van der Waals surface area contributed by atoms with Gasteiger partial charge in [-0.1, -0.05) is 42.5 Å². The Balaban J connectivity index is 1.46. The Morgan fingerprint density at radius 3 is 2.41 bits per heavy atom. The largest absolute Gasteiger partial charge is 0.483 e. The molecule has 4 rings (SSSR count). The van der Waals surface area contributed by atoms with Crippen LogP contribution in [-0.4, -0.2) is 23.5 Å². The van der Waals surface area contributed by atoms with Gasteiger partial charge in [-0.25, -0.2) is 0 Å². The molecular formula is C27H27N3O4. The van der Waals surface area contributed by atoms with Crippen LogP contribution in [0.5, 0.6) is 5.75 Å². The van der Waals surface area contributed by atoms with Crippen LogP contribution in [0.1, 0.15) is 41.3 Å². The number of carbonyl (C=O) groups is 2. The van der Waals surface area contributed by atoms with Crippen molar-refractivity contribution in [2.24, 2.45) is 0 Å². The molecule has 174 valence electrons. The summed E-state index contributed by atoms with van der Waals surface area (Å²) in [6, 6.07) is 23.4. The highest BCUT2D eigenvalue weighted by Gasteiger charge is 2.19. The minimum absolute atomic E-state index is 0.202. The third-order valence-corrected chi connectivity index (χ3v) is 5.41. The molecule has 3 aromatic carbocycles. The van der Waals surface area contributed by atoms with E-state index >= 15 is 0 Å². The molecule has 1 unspecified atom stereocenters. The van der Waals surface area contributed by atoms with Gasteiger partial charge < -0.3 is 25.8 Å². The Morgan fingerprint density at radius 1 is 0.971 bits per heavy atom. The maximum Gasteiger partial charge on any atom is 0.307 e. The summed E-state index contributed by atoms with van der Waals surface area (Å²) in [5.41, 5.74) is 2.60. The second-order valence-electron chi connectivity index (χ2n) is 7.95. The normalized spacial score (nSPS) is 13.7. The molecule has 4 N–H and O–H groups in total. The maximum absolute atomic E-state index is 12.9. The van der Waals surface area contributed by atoms with Gasteiger partial charge in [0, 0.05) is 17.8 Å². The van der Waals surface area contributed by atoms with Gasteiger partial charge in [0.15, 0.2) is 0 Å². The van der Waals surface area contributed by atoms with Crippen LogP contribution in [0.3, 0.4) is 0 Å². The van der Waals surface area contributed by atoms with E-state index in [0.717, 1.165) is 36.5 Å². The minimum Gasteiger partial charge on any atom is -0.483 e. The molecule has 0 aliphatic carbocycles. The number of hydrogen-bond donors (Lipinski definition) is 4. The third-order valence-electron chi connectivity index (χ3n) is 5.41. The molecule has 1 aliphatic rings. The highest BCUT2D eigenvalue weighted by Crippen LogP contribution is 2.31. The molecule has 0 fully saturated rings. The van der Waals surface area contributed by atoms with Crippen LogP contribution in [0, 0.1) is 0 Å². The Bertz CT molecular complexity index is 1160. The lowest BCUT2D eigenvalue weighted by Gasteiger charge is -2.20. The third kappa shape index (κ3) is 6.16. The SMILES string of the molecule is O=C(O)CC(Oc1ccccc1NC(=O)c1ccc(NC2=CCCCN2)cc1)c1ccccc1. The molecular weight excluding hydrogens is 430 g/mol. The van der Waals surface area contributed by atoms with Crippen LogP contribution in [0.4, 0.5) is 11.4 Å². The summed E-state index contributed by atoms with van der Waals surface area (Å²) in [5.74, 6) is 0.124. The van der Waals surface area contributed by atoms with Gasteiger partial charge >= 0.3 is 5.97 Å². The fourth-order valence-electron chi connectivity index (χ4n) is 3.67. The van der Waals surface area contributed by atoms with E-state index in [1.165, 1.54) is 0 Å². The molecule has 0 saturated heterocycles. The second kappa shape index (κ2) is 11.0. The van der Waals surface area contributed by atoms with Crippen LogP contribution in [0.2, 0.25) is 0 Å². The Labute approximate surface area is 198 Å². The van der Waals surface area contributed by atoms with E-state index < -0.39 is 12.1 Å². The van der Waals surface area contributed by atoms with Crippen LogP contribution in [-0.2, 0) is 4.79 Å². The van der Waals surface area contributed by atoms with E-state index in [0.29, 0.717) is 17.0 Å². The van der Waals surface area contributed by atoms with E-state index in [-0.39, 0.29) is 12.3 Å². The lowest BCUT2D eigenvalue weighted by Crippen LogP contribution is -2.23. The van der Waals surface area contributed by atoms with Crippen LogP contribution in [0.25, 0.3) is 0 Å². The molecule has 7 nitrogen and oxygen atoms in total. The number of hydrogen-bond acceptors (Lipinski definition) is 5. The number of rotatable bonds is 9. The van der Waals surface area contributed by atoms with Crippen LogP contribution >= 0.6 is 0 Å². The Morgan fingerprint density at radius 2 is 1.71 bits per heavy atom. The van der Waals surface area contributed by atoms with Gasteiger partial charge in [0.2, 0.25) is 0 Å². The zero-order chi connectivity index (χ0) is 23.8. The van der Waals surface area contributed by atoms with Crippen LogP contribution in [0.15, 0.2) is 90.8 Å². The van der Waals surface area contributed by atoms with Gasteiger partial charge in [0.1, 0.15) is 11.9 Å². The summed E-state index contributed by atoms with van der Waals surface area (Å²) in [4.78, 5) is 24.3. The molecule has 0 radical (unpaired) electrons. The van der Waals surface area contributed by atoms with Gasteiger partial charge in [-0.15, -0.1) is 0 Å². The average molecular weight is 458 g/mol. The van der Waals surface area contributed by atoms with E-state index in [2.05, 4.69) is 22.0 Å². The summed E-state index contributed by atoms with van der Waals surface area (Å²) in [6.45, 7) is 0.943. The predicted molar refractivity (Wildman–Crippen MR) is 132 cm³/mol. The van der Waals surface area contributed by atoms with Gasteiger partial charge in [0.05, 0.1) is 17.9 Å². The number of carboxylic acid groups (broad SMARTS) is 1. The van der Waals surface area contributed by atoms with Gasteiger partial charge in [-0.05, 0) is 60.9 Å². The minimum atomic E-state index is -0.969. The highest BCUT2D eigenvalue weighted by atomic mass is 16.5. The number of para-hydroxylation sites is 2. The first-order valence-electron chi connectivity index (χ1n) is 11.2. The summed E-state index contributed by atoms with van der Waals surface area (Å²) >= 11 is 0. The molecule has 7 heteroatoms. The Hall–Kier alpha value is -4.26. The van der Waals surface area contributed by atoms with Crippen LogP contribution < -0.4 is 20.7 Å². The first kappa shape index (κ1) is 22.9. The van der Waals surface area contributed by atoms with E-state index in [1.54, 1.807) is 36.4 Å². The standard InChI is InChI=1S/C27H27N3O4/c31-26(32)18-24(19-8-2-1-3-9-19)34-23-11-5-4-10-22(23)30-27(33)20-13-15-21(16-14-20)29-25-12-6-7-17-28-25/h1-5,8-16,24,28-29H,6-7,17-18H2,(H,30,33)(H,31,32). The Kier molecular flexibility index (Phi) is 7.45. The van der Waals surface area contributed by atoms with Crippen molar-refractivity contribution in [3.05, 3.63) is 102 Å². The predicted octanol–water partition coefficient (Wildman–Crippen LogP) is 5.17. The van der Waals surface area contributed by atoms with E-state index in [9.17, 15) is 14.7 Å². The average Bonchev–Trinajstić information content (AvgIpc) is 2.86. The summed E-state index contributed by atoms with van der Waals surface area (Å²) in [7, 11) is 0. The van der Waals surface area contributed by atoms with Crippen molar-refractivity contribution >= 4 is 23.3 Å². The van der Waals surface area contributed by atoms with Gasteiger partial charge in [-0.2, -0.15) is 0 Å². The van der Waals surface area contributed by atoms with Crippen molar-refractivity contribution in [2.75, 3.05) is 17.2 Å². The summed E-state index contributed by atoms with van der Waals surface area (Å²) in [5, 5.41) is 18.8. The zero-order valence-electron chi connectivity index (χ0n) is 18.7. The first-order valence-corrected chi connectivity index (χ1v) is 11.2. The monoisotopic (exact) mass is 457 g/mol. The summed E-state index contributed by atoms with van der Waals surface area (Å²) in [6.07, 6.45) is 3.39. The quantitative estimate of drug-likeness (QED) is 0.354. The highest BCUT2D eigenvalue weighted by molar-refractivity contribution is 6.05. The van der Waals surface area contributed by atoms with Crippen molar-refractivity contribution in [3.63, 3.8) is 0 Å². The molecule has 1 aliphatic heterocycles. The number of anilines is 2. The molecule has 34 heavy (non-hydrogen) atoms. The van der Waals surface area contributed by atoms with Gasteiger partial charge in [0.25, 0.3) is 5.91 Å². The molecule has 0 saturated carbocycles. The molecule has 1 atom stereocenters. The topological polar surface area (TPSA) is 99.7 Å². The van der Waals surface area contributed by atoms with Gasteiger partial charge in [-0.3, -0.25) is 9.59 Å². The van der Waals surface area contributed by atoms with E-state index in [4.69, 9.17) is 4.74 Å². The summed E-state index contributed by atoms with van der Waals surface area (Å²) < 4.78 is 6.06. The maximum atomic E-state index is 12.9. The first-order chi connectivity index (χ1) is 16.6. The fraction of sp³-hybridized carbons (Fsp3) is 0.185. The zero-order valence-corrected chi connectivity index (χ0v) is 18.7. The van der Waals surface area contributed by atoms with E-state index in [1.807, 2.05) is 42.5 Å². The van der Waals surface area contributed by atoms with Crippen molar-refractivity contribution in [1.29, 1.82) is 0 Å². The molecule has 0 aromatic heterocycles. The number of benzene rings is 3. The molecule has 0 spiro atoms. The van der Waals surface area contributed by atoms with Crippen molar-refractivity contribution in [3.8, 4) is 5.75 Å². The number of nitrogens with one attached hydrogen (secondary N) is 3. The van der Waals surface area contributed by atoms with Crippen molar-refractivity contribution in [2.45, 2.75) is 25.4 Å². The molecule has 1 heterocycles. The number of carbonyl (C=O) groups excluding carboxylic acids is 1. The number of carboxylic acids is 1. The van der Waals surface area contributed by atoms with Crippen molar-refractivity contribution in [1.82, 2.24) is 5.32 Å². The fourth-order valence-corrected chi connectivity index (χ4v) is 3.67. The number of ether oxygens (including phenoxy) is 1. The smallest absolute Gasteiger partial charge is 0.307 e. The molecule has 0 bridgehead atoms. The number of amides is 1. The lowest BCUT2D eigenvalue weighted by atomic mass is 10.1. The number of aliphatic carboxylic acids is 1. The second-order valence-corrected chi connectivity index (χ2v) is 7.95.